The lowest BCUT2D eigenvalue weighted by atomic mass is 10.0. The third-order valence-corrected chi connectivity index (χ3v) is 7.14. The molecular formula is C35H46FNO3. The Morgan fingerprint density at radius 1 is 0.700 bits per heavy atom. The predicted molar refractivity (Wildman–Crippen MR) is 162 cm³/mol. The first-order valence-corrected chi connectivity index (χ1v) is 15.3. The van der Waals surface area contributed by atoms with Gasteiger partial charge in [-0.2, -0.15) is 0 Å². The number of carbonyl (C=O) groups is 1. The largest absolute Gasteiger partial charge is 0.494 e. The van der Waals surface area contributed by atoms with Gasteiger partial charge in [-0.1, -0.05) is 77.2 Å². The fourth-order valence-electron chi connectivity index (χ4n) is 4.67. The van der Waals surface area contributed by atoms with Crippen LogP contribution in [0.5, 0.6) is 11.5 Å². The molecule has 0 N–H and O–H groups in total. The van der Waals surface area contributed by atoms with Gasteiger partial charge in [0.15, 0.2) is 0 Å². The zero-order valence-electron chi connectivity index (χ0n) is 24.2. The summed E-state index contributed by atoms with van der Waals surface area (Å²) < 4.78 is 23.4. The van der Waals surface area contributed by atoms with E-state index in [0.717, 1.165) is 55.5 Å². The fourth-order valence-corrected chi connectivity index (χ4v) is 4.67. The van der Waals surface area contributed by atoms with Crippen molar-refractivity contribution in [1.29, 1.82) is 0 Å². The molecule has 0 atom stereocenters. The highest BCUT2D eigenvalue weighted by molar-refractivity contribution is 5.91. The molecule has 40 heavy (non-hydrogen) atoms. The lowest BCUT2D eigenvalue weighted by Gasteiger charge is -2.08. The molecule has 3 rings (SSSR count). The summed E-state index contributed by atoms with van der Waals surface area (Å²) in [7, 11) is 0. The minimum Gasteiger partial charge on any atom is -0.494 e. The number of nitrogens with zero attached hydrogens (tertiary/aromatic N) is 1. The van der Waals surface area contributed by atoms with E-state index in [-0.39, 0.29) is 6.67 Å². The highest BCUT2D eigenvalue weighted by Gasteiger charge is 2.10. The van der Waals surface area contributed by atoms with Crippen LogP contribution in [0, 0.1) is 0 Å². The van der Waals surface area contributed by atoms with E-state index in [1.807, 2.05) is 18.3 Å². The molecule has 0 aliphatic rings. The van der Waals surface area contributed by atoms with Gasteiger partial charge in [0.05, 0.1) is 24.5 Å². The number of benzene rings is 2. The van der Waals surface area contributed by atoms with Gasteiger partial charge >= 0.3 is 5.97 Å². The number of alkyl halides is 1. The summed E-state index contributed by atoms with van der Waals surface area (Å²) in [5.74, 6) is 0.829. The Morgan fingerprint density at radius 2 is 1.32 bits per heavy atom. The summed E-state index contributed by atoms with van der Waals surface area (Å²) in [5, 5.41) is 0. The van der Waals surface area contributed by atoms with Crippen LogP contribution < -0.4 is 9.47 Å². The van der Waals surface area contributed by atoms with E-state index < -0.39 is 5.97 Å². The summed E-state index contributed by atoms with van der Waals surface area (Å²) in [5.41, 5.74) is 3.65. The van der Waals surface area contributed by atoms with Gasteiger partial charge in [0, 0.05) is 11.8 Å². The predicted octanol–water partition coefficient (Wildman–Crippen LogP) is 9.95. The first kappa shape index (κ1) is 31.3. The number of aromatic nitrogens is 1. The number of pyridine rings is 1. The van der Waals surface area contributed by atoms with Gasteiger partial charge in [-0.3, -0.25) is 9.37 Å². The van der Waals surface area contributed by atoms with Crippen molar-refractivity contribution < 1.29 is 18.7 Å². The summed E-state index contributed by atoms with van der Waals surface area (Å²) in [6, 6.07) is 18.7. The summed E-state index contributed by atoms with van der Waals surface area (Å²) >= 11 is 0. The molecule has 0 radical (unpaired) electrons. The maximum absolute atomic E-state index is 12.6. The van der Waals surface area contributed by atoms with Gasteiger partial charge in [-0.25, -0.2) is 4.79 Å². The molecule has 0 unspecified atom stereocenters. The van der Waals surface area contributed by atoms with Crippen molar-refractivity contribution in [1.82, 2.24) is 4.98 Å². The van der Waals surface area contributed by atoms with Crippen LogP contribution in [0.4, 0.5) is 4.39 Å². The van der Waals surface area contributed by atoms with Gasteiger partial charge in [-0.15, -0.1) is 0 Å². The lowest BCUT2D eigenvalue weighted by Crippen LogP contribution is -2.08. The molecule has 1 heterocycles. The van der Waals surface area contributed by atoms with E-state index in [0.29, 0.717) is 24.3 Å². The highest BCUT2D eigenvalue weighted by atomic mass is 19.1. The number of hydrogen-bond donors (Lipinski definition) is 0. The molecule has 2 aromatic carbocycles. The van der Waals surface area contributed by atoms with Crippen LogP contribution >= 0.6 is 0 Å². The number of hydrogen-bond acceptors (Lipinski definition) is 4. The van der Waals surface area contributed by atoms with E-state index in [1.54, 1.807) is 36.4 Å². The average molecular weight is 548 g/mol. The Hall–Kier alpha value is -3.21. The first-order valence-electron chi connectivity index (χ1n) is 15.3. The third kappa shape index (κ3) is 11.9. The van der Waals surface area contributed by atoms with Gasteiger partial charge in [0.2, 0.25) is 0 Å². The highest BCUT2D eigenvalue weighted by Crippen LogP contribution is 2.23. The van der Waals surface area contributed by atoms with Gasteiger partial charge in [0.1, 0.15) is 11.5 Å². The molecule has 5 heteroatoms. The van der Waals surface area contributed by atoms with Crippen LogP contribution in [0.3, 0.4) is 0 Å². The van der Waals surface area contributed by atoms with Gasteiger partial charge in [-0.05, 0) is 85.8 Å². The minimum absolute atomic E-state index is 0.217. The molecule has 4 nitrogen and oxygen atoms in total. The topological polar surface area (TPSA) is 48.4 Å². The SMILES string of the molecule is CCCCCCCCCc1ccc(-c2ccc(OC(=O)c3ccc(OCCCCCCCCF)cc3)cc2)nc1. The third-order valence-electron chi connectivity index (χ3n) is 7.14. The maximum atomic E-state index is 12.6. The van der Waals surface area contributed by atoms with Crippen LogP contribution in [0.15, 0.2) is 66.9 Å². The molecule has 0 amide bonds. The van der Waals surface area contributed by atoms with Crippen molar-refractivity contribution in [3.05, 3.63) is 78.0 Å². The smallest absolute Gasteiger partial charge is 0.343 e. The van der Waals surface area contributed by atoms with Crippen molar-refractivity contribution in [2.45, 2.75) is 96.8 Å². The van der Waals surface area contributed by atoms with E-state index in [4.69, 9.17) is 9.47 Å². The van der Waals surface area contributed by atoms with Gasteiger partial charge in [0.25, 0.3) is 0 Å². The van der Waals surface area contributed by atoms with Gasteiger partial charge < -0.3 is 9.47 Å². The van der Waals surface area contributed by atoms with E-state index >= 15 is 0 Å². The molecule has 0 aliphatic carbocycles. The summed E-state index contributed by atoms with van der Waals surface area (Å²) in [4.78, 5) is 17.2. The van der Waals surface area contributed by atoms with E-state index in [2.05, 4.69) is 24.0 Å². The monoisotopic (exact) mass is 547 g/mol. The molecule has 1 aromatic heterocycles. The number of halogens is 1. The number of rotatable bonds is 20. The maximum Gasteiger partial charge on any atom is 0.343 e. The molecule has 3 aromatic rings. The van der Waals surface area contributed by atoms with Crippen molar-refractivity contribution in [2.24, 2.45) is 0 Å². The van der Waals surface area contributed by atoms with Crippen molar-refractivity contribution in [2.75, 3.05) is 13.3 Å². The van der Waals surface area contributed by atoms with Crippen molar-refractivity contribution in [3.63, 3.8) is 0 Å². The molecule has 0 bridgehead atoms. The second-order valence-electron chi connectivity index (χ2n) is 10.5. The van der Waals surface area contributed by atoms with E-state index in [1.165, 1.54) is 50.5 Å². The Balaban J connectivity index is 1.37. The van der Waals surface area contributed by atoms with Crippen LogP contribution in [0.2, 0.25) is 0 Å². The Kier molecular flexibility index (Phi) is 14.9. The quantitative estimate of drug-likeness (QED) is 0.0802. The zero-order valence-corrected chi connectivity index (χ0v) is 24.2. The van der Waals surface area contributed by atoms with Crippen LogP contribution in [-0.4, -0.2) is 24.2 Å². The first-order chi connectivity index (χ1) is 19.7. The van der Waals surface area contributed by atoms with Crippen LogP contribution in [0.1, 0.15) is 106 Å². The normalized spacial score (nSPS) is 10.9. The molecule has 216 valence electrons. The zero-order chi connectivity index (χ0) is 28.3. The summed E-state index contributed by atoms with van der Waals surface area (Å²) in [6.45, 7) is 2.67. The molecule has 0 saturated carbocycles. The molecule has 0 saturated heterocycles. The van der Waals surface area contributed by atoms with Crippen molar-refractivity contribution >= 4 is 5.97 Å². The fraction of sp³-hybridized carbons (Fsp3) is 0.486. The molecule has 0 fully saturated rings. The lowest BCUT2D eigenvalue weighted by molar-refractivity contribution is 0.0734. The molecule has 0 spiro atoms. The Bertz CT molecular complexity index is 1080. The van der Waals surface area contributed by atoms with Crippen molar-refractivity contribution in [3.8, 4) is 22.8 Å². The second-order valence-corrected chi connectivity index (χ2v) is 10.5. The number of aryl methyl sites for hydroxylation is 1. The second kappa shape index (κ2) is 19.0. The van der Waals surface area contributed by atoms with Crippen LogP contribution in [-0.2, 0) is 6.42 Å². The van der Waals surface area contributed by atoms with E-state index in [9.17, 15) is 9.18 Å². The Labute approximate surface area is 240 Å². The molecular weight excluding hydrogens is 501 g/mol. The standard InChI is InChI=1S/C35H46FNO3/c1-2-3-4-5-6-9-12-15-29-16-25-34(37-28-29)30-17-23-33(24-18-30)40-35(38)31-19-21-32(22-20-31)39-27-14-11-8-7-10-13-26-36/h16-25,28H,2-15,26-27H2,1H3. The Morgan fingerprint density at radius 3 is 1.98 bits per heavy atom. The molecule has 0 aliphatic heterocycles. The average Bonchev–Trinajstić information content (AvgIpc) is 2.99. The minimum atomic E-state index is -0.402. The number of esters is 1. The number of unbranched alkanes of at least 4 members (excludes halogenated alkanes) is 11. The summed E-state index contributed by atoms with van der Waals surface area (Å²) in [6.07, 6.45) is 18.1. The van der Waals surface area contributed by atoms with Crippen LogP contribution in [0.25, 0.3) is 11.3 Å². The number of carbonyl (C=O) groups excluding carboxylic acids is 1. The number of ether oxygens (including phenoxy) is 2.